The third kappa shape index (κ3) is 14.3. The van der Waals surface area contributed by atoms with Crippen LogP contribution in [0.25, 0.3) is 0 Å². The Balaban J connectivity index is 0. The van der Waals surface area contributed by atoms with Crippen LogP contribution in [0.1, 0.15) is 74.5 Å². The van der Waals surface area contributed by atoms with Crippen molar-refractivity contribution >= 4 is 12.7 Å². The minimum Gasteiger partial charge on any atom is -0.455 e. The van der Waals surface area contributed by atoms with Gasteiger partial charge in [-0.1, -0.05) is 58.6 Å². The number of nitrogens with two attached hydrogens (primary N) is 1. The molecule has 2 rings (SSSR count). The molecule has 0 saturated heterocycles. The summed E-state index contributed by atoms with van der Waals surface area (Å²) >= 11 is 0. The number of carbonyl (C=O) groups is 2. The molecule has 2 aromatic rings. The SMILES string of the molecule is C=O.CCCC.CCCCCNCc1ccc(Oc2ccc(C(N)=O)nc2)c(C)c1.CO. The topological polar surface area (TPSA) is 115 Å². The van der Waals surface area contributed by atoms with Crippen LogP contribution in [0, 0.1) is 6.92 Å². The second-order valence-corrected chi connectivity index (χ2v) is 6.83. The largest absolute Gasteiger partial charge is 0.455 e. The van der Waals surface area contributed by atoms with E-state index < -0.39 is 5.91 Å². The number of amides is 1. The highest BCUT2D eigenvalue weighted by Crippen LogP contribution is 2.25. The molecule has 7 heteroatoms. The van der Waals surface area contributed by atoms with Gasteiger partial charge < -0.3 is 25.7 Å². The molecule has 0 aliphatic rings. The molecular formula is C25H41N3O4. The van der Waals surface area contributed by atoms with Crippen molar-refractivity contribution in [3.63, 3.8) is 0 Å². The average molecular weight is 448 g/mol. The van der Waals surface area contributed by atoms with Crippen LogP contribution in [0.3, 0.4) is 0 Å². The molecule has 0 bridgehead atoms. The van der Waals surface area contributed by atoms with Crippen LogP contribution < -0.4 is 15.8 Å². The summed E-state index contributed by atoms with van der Waals surface area (Å²) in [6.07, 6.45) is 7.86. The molecule has 0 unspecified atom stereocenters. The second-order valence-electron chi connectivity index (χ2n) is 6.83. The Bertz CT molecular complexity index is 720. The maximum absolute atomic E-state index is 11.0. The summed E-state index contributed by atoms with van der Waals surface area (Å²) in [5.74, 6) is 0.806. The van der Waals surface area contributed by atoms with Gasteiger partial charge in [0.1, 0.15) is 24.0 Å². The lowest BCUT2D eigenvalue weighted by Gasteiger charge is -2.11. The number of hydrogen-bond donors (Lipinski definition) is 3. The van der Waals surface area contributed by atoms with E-state index in [4.69, 9.17) is 20.4 Å². The second kappa shape index (κ2) is 21.5. The summed E-state index contributed by atoms with van der Waals surface area (Å²) in [5, 5.41) is 10.5. The molecule has 180 valence electrons. The van der Waals surface area contributed by atoms with Crippen molar-refractivity contribution < 1.29 is 19.4 Å². The third-order valence-electron chi connectivity index (χ3n) is 4.24. The van der Waals surface area contributed by atoms with Gasteiger partial charge >= 0.3 is 0 Å². The van der Waals surface area contributed by atoms with Crippen LogP contribution in [-0.4, -0.2) is 36.4 Å². The predicted octanol–water partition coefficient (Wildman–Crippen LogP) is 4.79. The summed E-state index contributed by atoms with van der Waals surface area (Å²) < 4.78 is 5.82. The highest BCUT2D eigenvalue weighted by Gasteiger charge is 2.06. The fraction of sp³-hybridized carbons (Fsp3) is 0.480. The Hall–Kier alpha value is -2.77. The zero-order valence-corrected chi connectivity index (χ0v) is 20.3. The zero-order chi connectivity index (χ0) is 24.8. The van der Waals surface area contributed by atoms with Gasteiger partial charge in [0.15, 0.2) is 0 Å². The van der Waals surface area contributed by atoms with Crippen LogP contribution in [0.15, 0.2) is 36.5 Å². The van der Waals surface area contributed by atoms with Crippen LogP contribution in [0.5, 0.6) is 11.5 Å². The number of aromatic nitrogens is 1. The van der Waals surface area contributed by atoms with Gasteiger partial charge in [0.05, 0.1) is 6.20 Å². The molecule has 0 aliphatic carbocycles. The highest BCUT2D eigenvalue weighted by atomic mass is 16.5. The molecule has 4 N–H and O–H groups in total. The van der Waals surface area contributed by atoms with Gasteiger partial charge in [0.2, 0.25) is 0 Å². The minimum atomic E-state index is -0.548. The number of hydrogen-bond acceptors (Lipinski definition) is 6. The van der Waals surface area contributed by atoms with Gasteiger partial charge in [-0.05, 0) is 49.2 Å². The van der Waals surface area contributed by atoms with E-state index in [1.807, 2.05) is 19.8 Å². The van der Waals surface area contributed by atoms with E-state index in [1.54, 1.807) is 12.1 Å². The Morgan fingerprint density at radius 3 is 2.19 bits per heavy atom. The number of unbranched alkanes of at least 4 members (excludes halogenated alkanes) is 3. The summed E-state index contributed by atoms with van der Waals surface area (Å²) in [5.41, 5.74) is 7.69. The van der Waals surface area contributed by atoms with Crippen LogP contribution in [0.4, 0.5) is 0 Å². The van der Waals surface area contributed by atoms with Crippen molar-refractivity contribution in [3.8, 4) is 11.5 Å². The first-order valence-corrected chi connectivity index (χ1v) is 11.0. The zero-order valence-electron chi connectivity index (χ0n) is 20.3. The third-order valence-corrected chi connectivity index (χ3v) is 4.24. The molecule has 32 heavy (non-hydrogen) atoms. The molecule has 0 aliphatic heterocycles. The number of benzene rings is 1. The minimum absolute atomic E-state index is 0.226. The van der Waals surface area contributed by atoms with E-state index in [0.717, 1.165) is 31.5 Å². The monoisotopic (exact) mass is 447 g/mol. The first kappa shape index (κ1) is 31.4. The average Bonchev–Trinajstić information content (AvgIpc) is 2.83. The first-order valence-electron chi connectivity index (χ1n) is 11.0. The van der Waals surface area contributed by atoms with Gasteiger partial charge in [-0.2, -0.15) is 0 Å². The normalized spacial score (nSPS) is 9.19. The molecule has 1 aromatic heterocycles. The van der Waals surface area contributed by atoms with Crippen molar-refractivity contribution in [1.29, 1.82) is 0 Å². The number of aliphatic hydroxyl groups excluding tert-OH is 1. The Kier molecular flexibility index (Phi) is 21.1. The smallest absolute Gasteiger partial charge is 0.267 e. The summed E-state index contributed by atoms with van der Waals surface area (Å²) in [7, 11) is 1.00. The number of pyridine rings is 1. The van der Waals surface area contributed by atoms with Crippen LogP contribution in [0.2, 0.25) is 0 Å². The van der Waals surface area contributed by atoms with Crippen LogP contribution >= 0.6 is 0 Å². The lowest BCUT2D eigenvalue weighted by atomic mass is 10.1. The van der Waals surface area contributed by atoms with Crippen molar-refractivity contribution in [1.82, 2.24) is 10.3 Å². The van der Waals surface area contributed by atoms with Gasteiger partial charge in [-0.3, -0.25) is 4.79 Å². The van der Waals surface area contributed by atoms with Crippen molar-refractivity contribution in [2.75, 3.05) is 13.7 Å². The predicted molar refractivity (Wildman–Crippen MR) is 131 cm³/mol. The number of ether oxygens (including phenoxy) is 1. The van der Waals surface area contributed by atoms with E-state index in [1.165, 1.54) is 43.9 Å². The number of aryl methyl sites for hydroxylation is 1. The van der Waals surface area contributed by atoms with Gasteiger partial charge in [-0.25, -0.2) is 4.98 Å². The van der Waals surface area contributed by atoms with Gasteiger partial charge in [-0.15, -0.1) is 0 Å². The highest BCUT2D eigenvalue weighted by molar-refractivity contribution is 5.90. The molecule has 1 amide bonds. The van der Waals surface area contributed by atoms with E-state index >= 15 is 0 Å². The summed E-state index contributed by atoms with van der Waals surface area (Å²) in [4.78, 5) is 23.0. The summed E-state index contributed by atoms with van der Waals surface area (Å²) in [6.45, 7) is 12.5. The Morgan fingerprint density at radius 1 is 1.06 bits per heavy atom. The summed E-state index contributed by atoms with van der Waals surface area (Å²) in [6, 6.07) is 9.38. The van der Waals surface area contributed by atoms with E-state index in [9.17, 15) is 4.79 Å². The number of rotatable bonds is 10. The fourth-order valence-corrected chi connectivity index (χ4v) is 2.38. The number of aliphatic hydroxyl groups is 1. The number of primary amides is 1. The molecule has 0 fully saturated rings. The van der Waals surface area contributed by atoms with Crippen LogP contribution in [-0.2, 0) is 11.3 Å². The molecular weight excluding hydrogens is 406 g/mol. The number of nitrogens with one attached hydrogen (secondary N) is 1. The lowest BCUT2D eigenvalue weighted by molar-refractivity contribution is -0.0980. The van der Waals surface area contributed by atoms with E-state index in [0.29, 0.717) is 5.75 Å². The van der Waals surface area contributed by atoms with E-state index in [-0.39, 0.29) is 5.69 Å². The first-order chi connectivity index (χ1) is 15.5. The molecule has 0 spiro atoms. The molecule has 1 aromatic carbocycles. The van der Waals surface area contributed by atoms with Crippen molar-refractivity contribution in [3.05, 3.63) is 53.3 Å². The van der Waals surface area contributed by atoms with Crippen molar-refractivity contribution in [2.45, 2.75) is 66.3 Å². The molecule has 0 saturated carbocycles. The quantitative estimate of drug-likeness (QED) is 0.451. The van der Waals surface area contributed by atoms with Crippen molar-refractivity contribution in [2.24, 2.45) is 5.73 Å². The van der Waals surface area contributed by atoms with Gasteiger partial charge in [0.25, 0.3) is 5.91 Å². The molecule has 1 heterocycles. The van der Waals surface area contributed by atoms with Gasteiger partial charge in [0, 0.05) is 13.7 Å². The number of nitrogens with zero attached hydrogens (tertiary/aromatic N) is 1. The maximum atomic E-state index is 11.0. The molecule has 0 radical (unpaired) electrons. The van der Waals surface area contributed by atoms with E-state index in [2.05, 4.69) is 43.2 Å². The Labute approximate surface area is 193 Å². The lowest BCUT2D eigenvalue weighted by Crippen LogP contribution is -2.14. The number of carbonyl (C=O) groups excluding carboxylic acids is 2. The maximum Gasteiger partial charge on any atom is 0.267 e. The molecule has 0 atom stereocenters. The fourth-order valence-electron chi connectivity index (χ4n) is 2.38. The molecule has 7 nitrogen and oxygen atoms in total. The Morgan fingerprint density at radius 2 is 1.72 bits per heavy atom. The standard InChI is InChI=1S/C19H25N3O2.C4H10.CH4O.CH2O/c1-3-4-5-10-21-12-15-6-9-18(14(2)11-15)24-16-7-8-17(19(20)23)22-13-16;1-3-4-2;2*1-2/h6-9,11,13,21H,3-5,10,12H2,1-2H3,(H2,20,23);3-4H2,1-2H3;2H,1H3;1H2.